The molecule has 2 rings (SSSR count). The largest absolute Gasteiger partial charge is 0.388 e. The summed E-state index contributed by atoms with van der Waals surface area (Å²) < 4.78 is 0. The Morgan fingerprint density at radius 2 is 1.67 bits per heavy atom. The lowest BCUT2D eigenvalue weighted by Crippen LogP contribution is -2.27. The van der Waals surface area contributed by atoms with Crippen molar-refractivity contribution >= 4 is 11.6 Å². The molecule has 21 heavy (non-hydrogen) atoms. The van der Waals surface area contributed by atoms with Gasteiger partial charge in [-0.3, -0.25) is 0 Å². The third-order valence-electron chi connectivity index (χ3n) is 3.65. The lowest BCUT2D eigenvalue weighted by Gasteiger charge is -2.25. The van der Waals surface area contributed by atoms with Crippen molar-refractivity contribution in [3.05, 3.63) is 70.7 Å². The van der Waals surface area contributed by atoms with E-state index < -0.39 is 6.10 Å². The summed E-state index contributed by atoms with van der Waals surface area (Å²) in [4.78, 5) is 2.22. The first kappa shape index (κ1) is 16.0. The molecule has 1 N–H and O–H groups in total. The molecular weight excluding hydrogens is 282 g/mol. The van der Waals surface area contributed by atoms with Gasteiger partial charge < -0.3 is 10.0 Å². The molecule has 0 aliphatic rings. The average Bonchev–Trinajstić information content (AvgIpc) is 2.49. The highest BCUT2D eigenvalue weighted by molar-refractivity contribution is 6.30. The van der Waals surface area contributed by atoms with Crippen molar-refractivity contribution in [1.29, 1.82) is 0 Å². The Kier molecular flexibility index (Phi) is 5.80. The van der Waals surface area contributed by atoms with Gasteiger partial charge >= 0.3 is 0 Å². The fourth-order valence-electron chi connectivity index (χ4n) is 2.54. The molecule has 0 saturated carbocycles. The van der Waals surface area contributed by atoms with Crippen LogP contribution in [-0.4, -0.2) is 23.6 Å². The third-order valence-corrected chi connectivity index (χ3v) is 3.90. The third kappa shape index (κ3) is 4.85. The summed E-state index contributed by atoms with van der Waals surface area (Å²) in [6, 6.07) is 17.7. The molecule has 0 aliphatic carbocycles. The Bertz CT molecular complexity index is 541. The van der Waals surface area contributed by atoms with Crippen molar-refractivity contribution in [2.45, 2.75) is 19.6 Å². The van der Waals surface area contributed by atoms with E-state index in [-0.39, 0.29) is 5.92 Å². The Labute approximate surface area is 132 Å². The predicted molar refractivity (Wildman–Crippen MR) is 88.4 cm³/mol. The number of aliphatic hydroxyl groups is 1. The van der Waals surface area contributed by atoms with Gasteiger partial charge in [0.2, 0.25) is 0 Å². The van der Waals surface area contributed by atoms with Crippen LogP contribution in [0.15, 0.2) is 54.6 Å². The molecule has 0 fully saturated rings. The summed E-state index contributed by atoms with van der Waals surface area (Å²) in [5.41, 5.74) is 2.20. The van der Waals surface area contributed by atoms with E-state index in [0.29, 0.717) is 0 Å². The molecule has 112 valence electrons. The van der Waals surface area contributed by atoms with Crippen LogP contribution in [-0.2, 0) is 6.54 Å². The number of benzene rings is 2. The van der Waals surface area contributed by atoms with E-state index in [1.807, 2.05) is 54.6 Å². The van der Waals surface area contributed by atoms with Gasteiger partial charge in [0.25, 0.3) is 0 Å². The maximum Gasteiger partial charge on any atom is 0.0827 e. The summed E-state index contributed by atoms with van der Waals surface area (Å²) in [6.07, 6.45) is -0.432. The topological polar surface area (TPSA) is 23.5 Å². The van der Waals surface area contributed by atoms with Crippen LogP contribution in [0.25, 0.3) is 0 Å². The molecule has 2 aromatic rings. The van der Waals surface area contributed by atoms with Crippen LogP contribution in [0.1, 0.15) is 24.2 Å². The molecule has 0 bridgehead atoms. The van der Waals surface area contributed by atoms with Crippen molar-refractivity contribution in [2.24, 2.45) is 5.92 Å². The van der Waals surface area contributed by atoms with Gasteiger partial charge in [0.15, 0.2) is 0 Å². The van der Waals surface area contributed by atoms with Gasteiger partial charge in [-0.1, -0.05) is 61.0 Å². The van der Waals surface area contributed by atoms with Gasteiger partial charge in [0.05, 0.1) is 6.10 Å². The van der Waals surface area contributed by atoms with E-state index in [0.717, 1.165) is 23.7 Å². The number of halogens is 1. The monoisotopic (exact) mass is 303 g/mol. The summed E-state index contributed by atoms with van der Waals surface area (Å²) in [7, 11) is 2.07. The molecule has 2 unspecified atom stereocenters. The van der Waals surface area contributed by atoms with Crippen LogP contribution in [0.2, 0.25) is 5.02 Å². The molecule has 3 heteroatoms. The summed E-state index contributed by atoms with van der Waals surface area (Å²) in [5.74, 6) is 0.171. The van der Waals surface area contributed by atoms with E-state index in [1.165, 1.54) is 5.56 Å². The number of aliphatic hydroxyl groups excluding tert-OH is 1. The van der Waals surface area contributed by atoms with E-state index in [2.05, 4.69) is 18.9 Å². The molecule has 2 nitrogen and oxygen atoms in total. The second-order valence-corrected chi connectivity index (χ2v) is 6.09. The SMILES string of the molecule is CC(CN(C)Cc1ccc(Cl)cc1)C(O)c1ccccc1. The zero-order valence-corrected chi connectivity index (χ0v) is 13.3. The first-order valence-corrected chi connectivity index (χ1v) is 7.60. The van der Waals surface area contributed by atoms with E-state index in [9.17, 15) is 5.11 Å². The van der Waals surface area contributed by atoms with Crippen LogP contribution in [0.5, 0.6) is 0 Å². The molecule has 2 atom stereocenters. The Morgan fingerprint density at radius 1 is 1.05 bits per heavy atom. The fraction of sp³-hybridized carbons (Fsp3) is 0.333. The Hall–Kier alpha value is -1.35. The molecular formula is C18H22ClNO. The van der Waals surface area contributed by atoms with Crippen molar-refractivity contribution < 1.29 is 5.11 Å². The van der Waals surface area contributed by atoms with E-state index >= 15 is 0 Å². The van der Waals surface area contributed by atoms with Gasteiger partial charge in [0.1, 0.15) is 0 Å². The van der Waals surface area contributed by atoms with E-state index in [1.54, 1.807) is 0 Å². The fourth-order valence-corrected chi connectivity index (χ4v) is 2.66. The lowest BCUT2D eigenvalue weighted by atomic mass is 9.97. The van der Waals surface area contributed by atoms with Crippen LogP contribution in [0.4, 0.5) is 0 Å². The molecule has 0 saturated heterocycles. The second kappa shape index (κ2) is 7.60. The highest BCUT2D eigenvalue weighted by Crippen LogP contribution is 2.22. The minimum atomic E-state index is -0.432. The highest BCUT2D eigenvalue weighted by Gasteiger charge is 2.17. The van der Waals surface area contributed by atoms with Crippen LogP contribution < -0.4 is 0 Å². The van der Waals surface area contributed by atoms with Gasteiger partial charge in [-0.05, 0) is 36.2 Å². The molecule has 0 aromatic heterocycles. The molecule has 0 spiro atoms. The first-order valence-electron chi connectivity index (χ1n) is 7.22. The van der Waals surface area contributed by atoms with Crippen LogP contribution in [0.3, 0.4) is 0 Å². The number of nitrogens with zero attached hydrogens (tertiary/aromatic N) is 1. The highest BCUT2D eigenvalue weighted by atomic mass is 35.5. The van der Waals surface area contributed by atoms with Crippen LogP contribution >= 0.6 is 11.6 Å². The van der Waals surface area contributed by atoms with Crippen molar-refractivity contribution in [1.82, 2.24) is 4.90 Å². The van der Waals surface area contributed by atoms with Gasteiger partial charge in [0, 0.05) is 18.1 Å². The smallest absolute Gasteiger partial charge is 0.0827 e. The second-order valence-electron chi connectivity index (χ2n) is 5.66. The maximum atomic E-state index is 10.4. The Balaban J connectivity index is 1.89. The van der Waals surface area contributed by atoms with Crippen molar-refractivity contribution in [3.63, 3.8) is 0 Å². The number of hydrogen-bond donors (Lipinski definition) is 1. The van der Waals surface area contributed by atoms with Gasteiger partial charge in [-0.25, -0.2) is 0 Å². The predicted octanol–water partition coefficient (Wildman–Crippen LogP) is 4.14. The normalized spacial score (nSPS) is 14.1. The minimum Gasteiger partial charge on any atom is -0.388 e. The number of hydrogen-bond acceptors (Lipinski definition) is 2. The Morgan fingerprint density at radius 3 is 2.29 bits per heavy atom. The molecule has 2 aromatic carbocycles. The maximum absolute atomic E-state index is 10.4. The van der Waals surface area contributed by atoms with Gasteiger partial charge in [-0.15, -0.1) is 0 Å². The first-order chi connectivity index (χ1) is 10.1. The zero-order chi connectivity index (χ0) is 15.2. The van der Waals surface area contributed by atoms with Crippen molar-refractivity contribution in [2.75, 3.05) is 13.6 Å². The van der Waals surface area contributed by atoms with Gasteiger partial charge in [-0.2, -0.15) is 0 Å². The molecule has 0 aliphatic heterocycles. The summed E-state index contributed by atoms with van der Waals surface area (Å²) in [5, 5.41) is 11.2. The quantitative estimate of drug-likeness (QED) is 0.867. The van der Waals surface area contributed by atoms with Crippen LogP contribution in [0, 0.1) is 5.92 Å². The standard InChI is InChI=1S/C18H22ClNO/c1-14(18(21)16-6-4-3-5-7-16)12-20(2)13-15-8-10-17(19)11-9-15/h3-11,14,18,21H,12-13H2,1-2H3. The number of rotatable bonds is 6. The summed E-state index contributed by atoms with van der Waals surface area (Å²) >= 11 is 5.90. The molecule has 0 radical (unpaired) electrons. The van der Waals surface area contributed by atoms with E-state index in [4.69, 9.17) is 11.6 Å². The van der Waals surface area contributed by atoms with Crippen molar-refractivity contribution in [3.8, 4) is 0 Å². The molecule has 0 amide bonds. The average molecular weight is 304 g/mol. The minimum absolute atomic E-state index is 0.171. The molecule has 0 heterocycles. The zero-order valence-electron chi connectivity index (χ0n) is 12.5. The lowest BCUT2D eigenvalue weighted by molar-refractivity contribution is 0.0933. The summed E-state index contributed by atoms with van der Waals surface area (Å²) in [6.45, 7) is 3.76.